The SMILES string of the molecule is O=CC(c1ccccc1)N1CC(=NNC(=O)Nc2ccccc2Cl)c2cc(SCCc3ccc(C(=O)O)cc3)ccc21. The van der Waals surface area contributed by atoms with Gasteiger partial charge in [0.25, 0.3) is 0 Å². The van der Waals surface area contributed by atoms with E-state index in [1.807, 2.05) is 65.6 Å². The van der Waals surface area contributed by atoms with Gasteiger partial charge in [0, 0.05) is 21.9 Å². The molecule has 1 heterocycles. The van der Waals surface area contributed by atoms with Crippen LogP contribution in [0.15, 0.2) is 107 Å². The van der Waals surface area contributed by atoms with Gasteiger partial charge >= 0.3 is 12.0 Å². The van der Waals surface area contributed by atoms with E-state index >= 15 is 0 Å². The fourth-order valence-electron chi connectivity index (χ4n) is 4.68. The lowest BCUT2D eigenvalue weighted by atomic mass is 10.1. The van der Waals surface area contributed by atoms with E-state index in [9.17, 15) is 14.4 Å². The summed E-state index contributed by atoms with van der Waals surface area (Å²) in [6.45, 7) is 0.323. The number of aromatic carboxylic acids is 1. The molecule has 0 bridgehead atoms. The van der Waals surface area contributed by atoms with Crippen molar-refractivity contribution < 1.29 is 19.5 Å². The molecule has 4 aromatic rings. The number of carboxylic acids is 1. The Morgan fingerprint density at radius 1 is 1.00 bits per heavy atom. The van der Waals surface area contributed by atoms with E-state index < -0.39 is 18.0 Å². The van der Waals surface area contributed by atoms with Crippen LogP contribution in [0.5, 0.6) is 0 Å². The molecular weight excluding hydrogens is 572 g/mol. The molecule has 1 unspecified atom stereocenters. The number of hydrogen-bond acceptors (Lipinski definition) is 6. The van der Waals surface area contributed by atoms with Gasteiger partial charge in [0.05, 0.1) is 28.5 Å². The summed E-state index contributed by atoms with van der Waals surface area (Å²) in [6, 6.07) is 28.3. The number of halogens is 1. The van der Waals surface area contributed by atoms with Gasteiger partial charge in [0.1, 0.15) is 12.3 Å². The Bertz CT molecular complexity index is 1630. The number of nitrogens with one attached hydrogen (secondary N) is 2. The molecule has 0 aliphatic carbocycles. The van der Waals surface area contributed by atoms with Crippen LogP contribution in [-0.4, -0.2) is 41.4 Å². The highest BCUT2D eigenvalue weighted by Gasteiger charge is 2.31. The predicted octanol–water partition coefficient (Wildman–Crippen LogP) is 6.66. The number of anilines is 2. The van der Waals surface area contributed by atoms with Crippen LogP contribution in [0.3, 0.4) is 0 Å². The van der Waals surface area contributed by atoms with Gasteiger partial charge in [-0.25, -0.2) is 15.0 Å². The number of rotatable bonds is 10. The molecule has 2 amide bonds. The molecule has 0 spiro atoms. The summed E-state index contributed by atoms with van der Waals surface area (Å²) in [4.78, 5) is 39.0. The molecule has 0 aromatic heterocycles. The number of urea groups is 1. The van der Waals surface area contributed by atoms with Crippen molar-refractivity contribution in [2.45, 2.75) is 17.4 Å². The number of aryl methyl sites for hydroxylation is 1. The molecule has 1 aliphatic rings. The number of para-hydroxylation sites is 1. The Kier molecular flexibility index (Phi) is 9.21. The van der Waals surface area contributed by atoms with Gasteiger partial charge in [0.15, 0.2) is 0 Å². The number of carboxylic acid groups (broad SMARTS) is 1. The number of hydrogen-bond donors (Lipinski definition) is 3. The van der Waals surface area contributed by atoms with Crippen molar-refractivity contribution in [3.05, 3.63) is 124 Å². The van der Waals surface area contributed by atoms with E-state index in [4.69, 9.17) is 16.7 Å². The van der Waals surface area contributed by atoms with Gasteiger partial charge in [0.2, 0.25) is 0 Å². The summed E-state index contributed by atoms with van der Waals surface area (Å²) in [5.74, 6) is -0.165. The lowest BCUT2D eigenvalue weighted by Crippen LogP contribution is -2.31. The fourth-order valence-corrected chi connectivity index (χ4v) is 5.80. The lowest BCUT2D eigenvalue weighted by molar-refractivity contribution is -0.109. The van der Waals surface area contributed by atoms with Gasteiger partial charge in [-0.1, -0.05) is 66.2 Å². The predicted molar refractivity (Wildman–Crippen MR) is 167 cm³/mol. The number of aldehydes is 1. The molecule has 5 rings (SSSR count). The third-order valence-corrected chi connectivity index (χ3v) is 8.11. The van der Waals surface area contributed by atoms with E-state index in [0.29, 0.717) is 23.0 Å². The second-order valence-corrected chi connectivity index (χ2v) is 11.1. The molecule has 42 heavy (non-hydrogen) atoms. The van der Waals surface area contributed by atoms with Crippen molar-refractivity contribution >= 4 is 58.7 Å². The molecule has 212 valence electrons. The summed E-state index contributed by atoms with van der Waals surface area (Å²) < 4.78 is 0. The van der Waals surface area contributed by atoms with Crippen LogP contribution >= 0.6 is 23.4 Å². The summed E-state index contributed by atoms with van der Waals surface area (Å²) in [5.41, 5.74) is 7.49. The second kappa shape index (κ2) is 13.4. The monoisotopic (exact) mass is 598 g/mol. The van der Waals surface area contributed by atoms with E-state index in [2.05, 4.69) is 15.8 Å². The van der Waals surface area contributed by atoms with Crippen LogP contribution in [0.4, 0.5) is 16.2 Å². The van der Waals surface area contributed by atoms with Gasteiger partial charge in [-0.3, -0.25) is 0 Å². The molecule has 10 heteroatoms. The zero-order chi connectivity index (χ0) is 29.5. The number of carbonyl (C=O) groups is 3. The highest BCUT2D eigenvalue weighted by Crippen LogP contribution is 2.37. The molecule has 1 atom stereocenters. The maximum absolute atomic E-state index is 12.6. The maximum Gasteiger partial charge on any atom is 0.339 e. The average molecular weight is 599 g/mol. The minimum atomic E-state index is -0.944. The van der Waals surface area contributed by atoms with Gasteiger partial charge in [-0.05, 0) is 60.0 Å². The van der Waals surface area contributed by atoms with Crippen molar-refractivity contribution in [2.75, 3.05) is 22.5 Å². The number of amides is 2. The first kappa shape index (κ1) is 28.9. The molecular formula is C32H27ClN4O4S. The molecule has 4 aromatic carbocycles. The molecule has 0 radical (unpaired) electrons. The highest BCUT2D eigenvalue weighted by molar-refractivity contribution is 7.99. The first-order chi connectivity index (χ1) is 20.4. The number of thioether (sulfide) groups is 1. The molecule has 8 nitrogen and oxygen atoms in total. The summed E-state index contributed by atoms with van der Waals surface area (Å²) >= 11 is 7.82. The van der Waals surface area contributed by atoms with E-state index in [-0.39, 0.29) is 5.56 Å². The standard InChI is InChI=1S/C32H27ClN4O4S/c33-26-8-4-5-9-27(26)34-32(41)36-35-28-19-37(30(20-38)22-6-2-1-3-7-22)29-15-14-24(18-25(28)29)42-17-16-21-10-12-23(13-11-21)31(39)40/h1-15,18,20,30H,16-17,19H2,(H,39,40)(H2,34,36,41). The van der Waals surface area contributed by atoms with Crippen LogP contribution in [-0.2, 0) is 11.2 Å². The Balaban J connectivity index is 1.36. The number of nitrogens with zero attached hydrogens (tertiary/aromatic N) is 2. The second-order valence-electron chi connectivity index (χ2n) is 9.50. The van der Waals surface area contributed by atoms with Crippen molar-refractivity contribution in [3.63, 3.8) is 0 Å². The Morgan fingerprint density at radius 3 is 2.45 bits per heavy atom. The van der Waals surface area contributed by atoms with Crippen molar-refractivity contribution in [2.24, 2.45) is 5.10 Å². The minimum Gasteiger partial charge on any atom is -0.478 e. The van der Waals surface area contributed by atoms with Crippen LogP contribution in [0.1, 0.15) is 33.1 Å². The first-order valence-corrected chi connectivity index (χ1v) is 14.5. The molecule has 0 saturated heterocycles. The van der Waals surface area contributed by atoms with Gasteiger partial charge in [-0.15, -0.1) is 11.8 Å². The third-order valence-electron chi connectivity index (χ3n) is 6.79. The topological polar surface area (TPSA) is 111 Å². The minimum absolute atomic E-state index is 0.264. The Hall–Kier alpha value is -4.60. The lowest BCUT2D eigenvalue weighted by Gasteiger charge is -2.26. The number of benzene rings is 4. The molecule has 3 N–H and O–H groups in total. The molecule has 0 saturated carbocycles. The van der Waals surface area contributed by atoms with Gasteiger partial charge < -0.3 is 20.1 Å². The van der Waals surface area contributed by atoms with Crippen LogP contribution < -0.4 is 15.6 Å². The normalized spacial score (nSPS) is 13.8. The first-order valence-electron chi connectivity index (χ1n) is 13.2. The zero-order valence-corrected chi connectivity index (χ0v) is 23.9. The number of hydrazone groups is 1. The fraction of sp³-hybridized carbons (Fsp3) is 0.125. The summed E-state index contributed by atoms with van der Waals surface area (Å²) in [6.07, 6.45) is 1.68. The number of carbonyl (C=O) groups excluding carboxylic acids is 2. The third kappa shape index (κ3) is 6.82. The van der Waals surface area contributed by atoms with Crippen molar-refractivity contribution in [3.8, 4) is 0 Å². The van der Waals surface area contributed by atoms with E-state index in [1.54, 1.807) is 48.2 Å². The maximum atomic E-state index is 12.6. The highest BCUT2D eigenvalue weighted by atomic mass is 35.5. The number of fused-ring (bicyclic) bond motifs is 1. The van der Waals surface area contributed by atoms with Crippen molar-refractivity contribution in [1.29, 1.82) is 0 Å². The van der Waals surface area contributed by atoms with Crippen LogP contribution in [0, 0.1) is 0 Å². The summed E-state index contributed by atoms with van der Waals surface area (Å²) in [5, 5.41) is 16.7. The van der Waals surface area contributed by atoms with Crippen molar-refractivity contribution in [1.82, 2.24) is 5.43 Å². The summed E-state index contributed by atoms with van der Waals surface area (Å²) in [7, 11) is 0. The molecule has 1 aliphatic heterocycles. The van der Waals surface area contributed by atoms with Crippen LogP contribution in [0.25, 0.3) is 0 Å². The van der Waals surface area contributed by atoms with Gasteiger partial charge in [-0.2, -0.15) is 5.10 Å². The average Bonchev–Trinajstić information content (AvgIpc) is 3.36. The quantitative estimate of drug-likeness (QED) is 0.107. The zero-order valence-electron chi connectivity index (χ0n) is 22.4. The Morgan fingerprint density at radius 2 is 1.74 bits per heavy atom. The van der Waals surface area contributed by atoms with Crippen LogP contribution in [0.2, 0.25) is 5.02 Å². The Labute approximate surface area is 252 Å². The largest absolute Gasteiger partial charge is 0.478 e. The molecule has 0 fully saturated rings. The van der Waals surface area contributed by atoms with E-state index in [0.717, 1.165) is 45.7 Å². The smallest absolute Gasteiger partial charge is 0.339 e. The van der Waals surface area contributed by atoms with E-state index in [1.165, 1.54) is 0 Å².